The molecule has 2 heterocycles. The average molecular weight is 797 g/mol. The van der Waals surface area contributed by atoms with Gasteiger partial charge in [0.25, 0.3) is 17.7 Å². The van der Waals surface area contributed by atoms with Gasteiger partial charge >= 0.3 is 0 Å². The summed E-state index contributed by atoms with van der Waals surface area (Å²) in [5, 5.41) is 12.0. The largest absolute Gasteiger partial charge is 0.489 e. The summed E-state index contributed by atoms with van der Waals surface area (Å²) >= 11 is 0. The molecule has 0 spiro atoms. The van der Waals surface area contributed by atoms with Crippen LogP contribution in [-0.2, 0) is 27.0 Å². The molecule has 1 saturated heterocycles. The van der Waals surface area contributed by atoms with Crippen molar-refractivity contribution in [1.82, 2.24) is 10.6 Å². The van der Waals surface area contributed by atoms with Crippen LogP contribution in [0.5, 0.6) is 5.75 Å². The van der Waals surface area contributed by atoms with Gasteiger partial charge in [-0.05, 0) is 129 Å². The van der Waals surface area contributed by atoms with Gasteiger partial charge in [-0.3, -0.25) is 19.2 Å². The van der Waals surface area contributed by atoms with Crippen LogP contribution in [0.1, 0.15) is 107 Å². The van der Waals surface area contributed by atoms with Gasteiger partial charge in [0, 0.05) is 53.7 Å². The molecule has 1 unspecified atom stereocenters. The lowest BCUT2D eigenvalue weighted by atomic mass is 9.73. The number of carbonyl (C=O) groups is 4. The highest BCUT2D eigenvalue weighted by Crippen LogP contribution is 2.41. The topological polar surface area (TPSA) is 148 Å². The number of carbonyl (C=O) groups excluding carboxylic acids is 4. The van der Waals surface area contributed by atoms with Crippen LogP contribution >= 0.6 is 0 Å². The van der Waals surface area contributed by atoms with E-state index in [4.69, 9.17) is 13.9 Å². The van der Waals surface area contributed by atoms with Crippen molar-refractivity contribution in [2.75, 3.05) is 30.4 Å². The van der Waals surface area contributed by atoms with Crippen molar-refractivity contribution in [2.45, 2.75) is 82.3 Å². The predicted molar refractivity (Wildman–Crippen MR) is 227 cm³/mol. The van der Waals surface area contributed by atoms with E-state index in [-0.39, 0.29) is 40.8 Å². The molecule has 59 heavy (non-hydrogen) atoms. The molecule has 306 valence electrons. The Morgan fingerprint density at radius 1 is 0.712 bits per heavy atom. The highest BCUT2D eigenvalue weighted by atomic mass is 16.5. The molecule has 0 radical (unpaired) electrons. The van der Waals surface area contributed by atoms with Crippen LogP contribution in [0, 0.1) is 0 Å². The number of furan rings is 1. The molecule has 2 fully saturated rings. The van der Waals surface area contributed by atoms with Gasteiger partial charge in [-0.1, -0.05) is 56.2 Å². The molecule has 0 bridgehead atoms. The number of benzene rings is 4. The molecule has 1 atom stereocenters. The minimum Gasteiger partial charge on any atom is -0.489 e. The first-order valence-corrected chi connectivity index (χ1v) is 20.5. The molecule has 5 aromatic rings. The smallest absolute Gasteiger partial charge is 0.291 e. The van der Waals surface area contributed by atoms with E-state index < -0.39 is 5.41 Å². The maximum absolute atomic E-state index is 14.0. The molecule has 11 heteroatoms. The van der Waals surface area contributed by atoms with Crippen LogP contribution in [0.25, 0.3) is 0 Å². The number of ether oxygens (including phenoxy) is 2. The van der Waals surface area contributed by atoms with Crippen molar-refractivity contribution < 1.29 is 33.1 Å². The number of hydrogen-bond donors (Lipinski definition) is 4. The zero-order chi connectivity index (χ0) is 41.2. The Bertz CT molecular complexity index is 2210. The standard InChI is InChI=1S/C48H52N4O7/c1-3-33(2)50-44(54)36-13-19-40(20-14-36)52-46(56)48(25-28-57-29-26-48)37-15-21-41(22-16-37)59-31-34-8-6-9-38(30-34)47(23-4-5-24-47)32-49-43(53)35-11-17-39(18-12-35)51-45(55)42-10-7-27-58-42/h6-22,27,30,33H,3-5,23-26,28-29,31-32H2,1-2H3,(H,49,53)(H,50,54)(H,51,55)(H,52,56). The molecule has 1 aliphatic carbocycles. The summed E-state index contributed by atoms with van der Waals surface area (Å²) in [7, 11) is 0. The molecule has 2 aliphatic rings. The predicted octanol–water partition coefficient (Wildman–Crippen LogP) is 8.57. The zero-order valence-electron chi connectivity index (χ0n) is 33.7. The summed E-state index contributed by atoms with van der Waals surface area (Å²) in [5.74, 6) is 0.148. The quantitative estimate of drug-likeness (QED) is 0.0830. The monoisotopic (exact) mass is 796 g/mol. The van der Waals surface area contributed by atoms with E-state index in [1.54, 1.807) is 60.7 Å². The van der Waals surface area contributed by atoms with E-state index in [1.807, 2.05) is 38.1 Å². The van der Waals surface area contributed by atoms with Gasteiger partial charge in [0.2, 0.25) is 5.91 Å². The summed E-state index contributed by atoms with van der Waals surface area (Å²) in [5.41, 5.74) is 4.40. The second kappa shape index (κ2) is 18.6. The van der Waals surface area contributed by atoms with E-state index in [9.17, 15) is 19.2 Å². The molecular weight excluding hydrogens is 745 g/mol. The SMILES string of the molecule is CCC(C)NC(=O)c1ccc(NC(=O)C2(c3ccc(OCc4cccc(C5(CNC(=O)c6ccc(NC(=O)c7ccco7)cc6)CCCC5)c4)cc3)CCOCC2)cc1. The van der Waals surface area contributed by atoms with Crippen LogP contribution in [-0.4, -0.2) is 49.4 Å². The number of anilines is 2. The van der Waals surface area contributed by atoms with Crippen molar-refractivity contribution in [3.8, 4) is 5.75 Å². The molecule has 1 saturated carbocycles. The van der Waals surface area contributed by atoms with Gasteiger partial charge in [-0.15, -0.1) is 0 Å². The summed E-state index contributed by atoms with van der Waals surface area (Å²) in [6.07, 6.45) is 7.49. The zero-order valence-corrected chi connectivity index (χ0v) is 33.7. The Kier molecular flexibility index (Phi) is 12.9. The Labute approximate surface area is 345 Å². The van der Waals surface area contributed by atoms with Gasteiger partial charge in [-0.2, -0.15) is 0 Å². The van der Waals surface area contributed by atoms with Crippen LogP contribution in [0.3, 0.4) is 0 Å². The van der Waals surface area contributed by atoms with Gasteiger partial charge < -0.3 is 35.2 Å². The van der Waals surface area contributed by atoms with Gasteiger partial charge in [-0.25, -0.2) is 0 Å². The van der Waals surface area contributed by atoms with E-state index in [2.05, 4.69) is 45.5 Å². The molecule has 4 N–H and O–H groups in total. The minimum atomic E-state index is -0.773. The lowest BCUT2D eigenvalue weighted by molar-refractivity contribution is -0.125. The molecular formula is C48H52N4O7. The van der Waals surface area contributed by atoms with E-state index in [1.165, 1.54) is 11.8 Å². The molecule has 7 rings (SSSR count). The third-order valence-electron chi connectivity index (χ3n) is 11.8. The number of nitrogens with one attached hydrogen (secondary N) is 4. The van der Waals surface area contributed by atoms with E-state index in [0.29, 0.717) is 67.5 Å². The molecule has 11 nitrogen and oxygen atoms in total. The lowest BCUT2D eigenvalue weighted by Crippen LogP contribution is -2.44. The van der Waals surface area contributed by atoms with Gasteiger partial charge in [0.15, 0.2) is 5.76 Å². The number of amides is 4. The maximum atomic E-state index is 14.0. The molecule has 1 aliphatic heterocycles. The van der Waals surface area contributed by atoms with Crippen LogP contribution in [0.15, 0.2) is 120 Å². The lowest BCUT2D eigenvalue weighted by Gasteiger charge is -2.36. The first-order valence-electron chi connectivity index (χ1n) is 20.5. The fourth-order valence-corrected chi connectivity index (χ4v) is 8.04. The summed E-state index contributed by atoms with van der Waals surface area (Å²) in [6.45, 7) is 5.82. The number of rotatable bonds is 15. The maximum Gasteiger partial charge on any atom is 0.291 e. The molecule has 1 aromatic heterocycles. The van der Waals surface area contributed by atoms with E-state index >= 15 is 0 Å². The summed E-state index contributed by atoms with van der Waals surface area (Å²) in [4.78, 5) is 52.1. The fraction of sp³-hybridized carbons (Fsp3) is 0.333. The first-order chi connectivity index (χ1) is 28.7. The Morgan fingerprint density at radius 3 is 2.02 bits per heavy atom. The van der Waals surface area contributed by atoms with Crippen LogP contribution < -0.4 is 26.0 Å². The summed E-state index contributed by atoms with van der Waals surface area (Å²) in [6, 6.07) is 33.4. The molecule has 4 amide bonds. The minimum absolute atomic E-state index is 0.0800. The highest BCUT2D eigenvalue weighted by molar-refractivity contribution is 6.03. The Hall–Kier alpha value is -6.20. The third kappa shape index (κ3) is 9.75. The highest BCUT2D eigenvalue weighted by Gasteiger charge is 2.42. The first kappa shape index (κ1) is 41.0. The average Bonchev–Trinajstić information content (AvgIpc) is 4.00. The van der Waals surface area contributed by atoms with Crippen molar-refractivity contribution >= 4 is 35.0 Å². The Balaban J connectivity index is 0.960. The summed E-state index contributed by atoms with van der Waals surface area (Å²) < 4.78 is 17.1. The van der Waals surface area contributed by atoms with Crippen LogP contribution in [0.4, 0.5) is 11.4 Å². The van der Waals surface area contributed by atoms with Gasteiger partial charge in [0.05, 0.1) is 11.7 Å². The van der Waals surface area contributed by atoms with Crippen LogP contribution in [0.2, 0.25) is 0 Å². The second-order valence-electron chi connectivity index (χ2n) is 15.7. The van der Waals surface area contributed by atoms with Crippen molar-refractivity contribution in [3.05, 3.63) is 149 Å². The van der Waals surface area contributed by atoms with Gasteiger partial charge in [0.1, 0.15) is 12.4 Å². The van der Waals surface area contributed by atoms with E-state index in [0.717, 1.165) is 43.2 Å². The molecule has 4 aromatic carbocycles. The Morgan fingerprint density at radius 2 is 1.37 bits per heavy atom. The van der Waals surface area contributed by atoms with Crippen molar-refractivity contribution in [1.29, 1.82) is 0 Å². The van der Waals surface area contributed by atoms with Crippen molar-refractivity contribution in [3.63, 3.8) is 0 Å². The normalized spacial score (nSPS) is 16.0. The van der Waals surface area contributed by atoms with Crippen molar-refractivity contribution in [2.24, 2.45) is 0 Å². The third-order valence-corrected chi connectivity index (χ3v) is 11.8. The second-order valence-corrected chi connectivity index (χ2v) is 15.7. The fourth-order valence-electron chi connectivity index (χ4n) is 8.04. The number of hydrogen-bond acceptors (Lipinski definition) is 7.